The summed E-state index contributed by atoms with van der Waals surface area (Å²) >= 11 is 0. The van der Waals surface area contributed by atoms with Gasteiger partial charge in [-0.05, 0) is 45.2 Å². The highest BCUT2D eigenvalue weighted by atomic mass is 32.2. The van der Waals surface area contributed by atoms with Gasteiger partial charge < -0.3 is 19.7 Å². The van der Waals surface area contributed by atoms with Gasteiger partial charge in [-0.1, -0.05) is 0 Å². The van der Waals surface area contributed by atoms with Gasteiger partial charge in [-0.3, -0.25) is 5.32 Å². The number of sulfone groups is 1. The number of anilines is 2. The summed E-state index contributed by atoms with van der Waals surface area (Å²) < 4.78 is 34.5. The lowest BCUT2D eigenvalue weighted by molar-refractivity contribution is 0.104. The van der Waals surface area contributed by atoms with Crippen LogP contribution >= 0.6 is 0 Å². The minimum absolute atomic E-state index is 0.311. The zero-order valence-corrected chi connectivity index (χ0v) is 19.5. The van der Waals surface area contributed by atoms with Crippen molar-refractivity contribution in [3.63, 3.8) is 0 Å². The molecule has 0 radical (unpaired) electrons. The molecule has 1 unspecified atom stereocenters. The fourth-order valence-corrected chi connectivity index (χ4v) is 3.62. The van der Waals surface area contributed by atoms with Crippen LogP contribution in [0.5, 0.6) is 0 Å². The molecule has 1 aliphatic heterocycles. The molecule has 0 aliphatic carbocycles. The number of methoxy groups -OCH3 is 1. The molecule has 31 heavy (non-hydrogen) atoms. The van der Waals surface area contributed by atoms with Gasteiger partial charge in [0.15, 0.2) is 22.0 Å². The second-order valence-electron chi connectivity index (χ2n) is 7.94. The van der Waals surface area contributed by atoms with E-state index in [9.17, 15) is 8.42 Å². The van der Waals surface area contributed by atoms with E-state index in [2.05, 4.69) is 20.5 Å². The van der Waals surface area contributed by atoms with Gasteiger partial charge in [0.25, 0.3) is 0 Å². The number of nitrogens with one attached hydrogen (secondary N) is 2. The molecule has 3 rings (SSSR count). The topological polar surface area (TPSA) is 106 Å². The fourth-order valence-electron chi connectivity index (χ4n) is 3.13. The van der Waals surface area contributed by atoms with Crippen molar-refractivity contribution < 1.29 is 17.9 Å². The molecule has 1 atom stereocenters. The third-order valence-electron chi connectivity index (χ3n) is 5.53. The Morgan fingerprint density at radius 2 is 1.81 bits per heavy atom. The Morgan fingerprint density at radius 3 is 2.35 bits per heavy atom. The van der Waals surface area contributed by atoms with Crippen LogP contribution in [0.2, 0.25) is 0 Å². The predicted octanol–water partition coefficient (Wildman–Crippen LogP) is 1.82. The number of ether oxygens (including phenoxy) is 2. The first-order chi connectivity index (χ1) is 14.7. The molecule has 1 fully saturated rings. The van der Waals surface area contributed by atoms with Gasteiger partial charge in [0.2, 0.25) is 0 Å². The Bertz CT molecular complexity index is 985. The minimum Gasteiger partial charge on any atom is -0.378 e. The van der Waals surface area contributed by atoms with Crippen molar-refractivity contribution in [3.05, 3.63) is 36.0 Å². The first-order valence-corrected chi connectivity index (χ1v) is 12.0. The van der Waals surface area contributed by atoms with Gasteiger partial charge in [-0.2, -0.15) is 0 Å². The smallest absolute Gasteiger partial charge is 0.183 e. The van der Waals surface area contributed by atoms with Gasteiger partial charge in [0.1, 0.15) is 10.6 Å². The lowest BCUT2D eigenvalue weighted by atomic mass is 10.1. The van der Waals surface area contributed by atoms with E-state index in [1.54, 1.807) is 34.1 Å². The average molecular weight is 450 g/mol. The molecule has 1 aromatic carbocycles. The number of rotatable bonds is 8. The van der Waals surface area contributed by atoms with E-state index < -0.39 is 14.6 Å². The Hall–Kier alpha value is -2.27. The average Bonchev–Trinajstić information content (AvgIpc) is 2.77. The van der Waals surface area contributed by atoms with E-state index in [1.807, 2.05) is 24.3 Å². The van der Waals surface area contributed by atoms with Crippen molar-refractivity contribution in [2.24, 2.45) is 0 Å². The van der Waals surface area contributed by atoms with Crippen molar-refractivity contribution in [1.82, 2.24) is 15.3 Å². The van der Waals surface area contributed by atoms with Crippen LogP contribution in [0.1, 0.15) is 19.5 Å². The number of morpholine rings is 1. The Labute approximate surface area is 184 Å². The lowest BCUT2D eigenvalue weighted by Crippen LogP contribution is -2.37. The number of benzene rings is 1. The molecule has 0 spiro atoms. The molecule has 170 valence electrons. The third kappa shape index (κ3) is 5.32. The van der Waals surface area contributed by atoms with Gasteiger partial charge in [-0.25, -0.2) is 18.4 Å². The zero-order valence-electron chi connectivity index (χ0n) is 18.7. The molecule has 1 saturated heterocycles. The second-order valence-corrected chi connectivity index (χ2v) is 10.5. The molecule has 0 amide bonds. The van der Waals surface area contributed by atoms with Crippen molar-refractivity contribution in [3.8, 4) is 11.4 Å². The van der Waals surface area contributed by atoms with Crippen LogP contribution in [-0.4, -0.2) is 71.5 Å². The summed E-state index contributed by atoms with van der Waals surface area (Å²) in [6, 6.07) is 9.40. The quantitative estimate of drug-likeness (QED) is 0.584. The maximum atomic E-state index is 12.5. The van der Waals surface area contributed by atoms with E-state index in [1.165, 1.54) is 6.26 Å². The summed E-state index contributed by atoms with van der Waals surface area (Å²) in [5.74, 6) is 1.19. The first kappa shape index (κ1) is 23.4. The SMILES string of the molecule is CNC(Nc1ccc(-c2nc(N3CCOCC3)cc(C(C)(C)S(C)(=O)=O)n2)cc1)OC. The third-order valence-corrected chi connectivity index (χ3v) is 7.59. The van der Waals surface area contributed by atoms with Crippen LogP contribution in [0.4, 0.5) is 11.5 Å². The monoisotopic (exact) mass is 449 g/mol. The van der Waals surface area contributed by atoms with Crippen LogP contribution in [0.25, 0.3) is 11.4 Å². The minimum atomic E-state index is -3.39. The molecule has 0 saturated carbocycles. The second kappa shape index (κ2) is 9.47. The highest BCUT2D eigenvalue weighted by Gasteiger charge is 2.35. The van der Waals surface area contributed by atoms with Crippen LogP contribution in [0.15, 0.2) is 30.3 Å². The normalized spacial score (nSPS) is 16.2. The Balaban J connectivity index is 2.01. The summed E-state index contributed by atoms with van der Waals surface area (Å²) in [5.41, 5.74) is 2.13. The van der Waals surface area contributed by atoms with E-state index in [-0.39, 0.29) is 6.35 Å². The summed E-state index contributed by atoms with van der Waals surface area (Å²) in [7, 11) is 0.0146. The fraction of sp³-hybridized carbons (Fsp3) is 0.524. The van der Waals surface area contributed by atoms with E-state index in [0.717, 1.165) is 11.3 Å². The summed E-state index contributed by atoms with van der Waals surface area (Å²) in [6.45, 7) is 5.95. The molecule has 1 aliphatic rings. The molecule has 10 heteroatoms. The maximum absolute atomic E-state index is 12.5. The van der Waals surface area contributed by atoms with Crippen molar-refractivity contribution >= 4 is 21.3 Å². The molecular formula is C21H31N5O4S. The standard InChI is InChI=1S/C21H31N5O4S/c1-21(2,31(5,27)28)17-14-18(26-10-12-30-13-11-26)25-19(24-17)15-6-8-16(9-7-15)23-20(22-3)29-4/h6-9,14,20,22-23H,10-13H2,1-5H3. The number of nitrogens with zero attached hydrogens (tertiary/aromatic N) is 3. The summed E-state index contributed by atoms with van der Waals surface area (Å²) in [4.78, 5) is 11.5. The van der Waals surface area contributed by atoms with Gasteiger partial charge in [0, 0.05) is 43.8 Å². The molecule has 0 bridgehead atoms. The van der Waals surface area contributed by atoms with Crippen LogP contribution in [0.3, 0.4) is 0 Å². The highest BCUT2D eigenvalue weighted by molar-refractivity contribution is 7.91. The Kier molecular flexibility index (Phi) is 7.15. The number of aromatic nitrogens is 2. The van der Waals surface area contributed by atoms with Crippen LogP contribution < -0.4 is 15.5 Å². The van der Waals surface area contributed by atoms with Gasteiger partial charge in [-0.15, -0.1) is 0 Å². The van der Waals surface area contributed by atoms with E-state index in [4.69, 9.17) is 14.5 Å². The molecular weight excluding hydrogens is 418 g/mol. The zero-order chi connectivity index (χ0) is 22.6. The molecule has 9 nitrogen and oxygen atoms in total. The lowest BCUT2D eigenvalue weighted by Gasteiger charge is -2.30. The summed E-state index contributed by atoms with van der Waals surface area (Å²) in [5, 5.41) is 6.20. The first-order valence-electron chi connectivity index (χ1n) is 10.1. The maximum Gasteiger partial charge on any atom is 0.183 e. The van der Waals surface area contributed by atoms with Crippen LogP contribution in [-0.2, 0) is 24.1 Å². The molecule has 1 aromatic heterocycles. The van der Waals surface area contributed by atoms with Gasteiger partial charge >= 0.3 is 0 Å². The number of hydrogen-bond acceptors (Lipinski definition) is 9. The molecule has 2 N–H and O–H groups in total. The highest BCUT2D eigenvalue weighted by Crippen LogP contribution is 2.32. The van der Waals surface area contributed by atoms with Crippen LogP contribution in [0, 0.1) is 0 Å². The number of hydrogen-bond donors (Lipinski definition) is 2. The predicted molar refractivity (Wildman–Crippen MR) is 122 cm³/mol. The molecule has 2 heterocycles. The Morgan fingerprint density at radius 1 is 1.16 bits per heavy atom. The largest absolute Gasteiger partial charge is 0.378 e. The van der Waals surface area contributed by atoms with Crippen molar-refractivity contribution in [2.75, 3.05) is 56.9 Å². The van der Waals surface area contributed by atoms with Crippen molar-refractivity contribution in [2.45, 2.75) is 24.9 Å². The van der Waals surface area contributed by atoms with Gasteiger partial charge in [0.05, 0.1) is 18.9 Å². The van der Waals surface area contributed by atoms with E-state index in [0.29, 0.717) is 43.6 Å². The van der Waals surface area contributed by atoms with E-state index >= 15 is 0 Å². The molecule has 2 aromatic rings. The summed E-state index contributed by atoms with van der Waals surface area (Å²) in [6.07, 6.45) is 0.923. The van der Waals surface area contributed by atoms with Crippen molar-refractivity contribution in [1.29, 1.82) is 0 Å².